The van der Waals surface area contributed by atoms with Gasteiger partial charge in [0, 0.05) is 4.88 Å². The SMILES string of the molecule is NS(=O)(=O)c1ccccc1NC(=O)Cc1cccs1. The summed E-state index contributed by atoms with van der Waals surface area (Å²) < 4.78 is 22.8. The first-order chi connectivity index (χ1) is 8.97. The van der Waals surface area contributed by atoms with Gasteiger partial charge in [0.15, 0.2) is 0 Å². The number of para-hydroxylation sites is 1. The fourth-order valence-electron chi connectivity index (χ4n) is 1.58. The number of carbonyl (C=O) groups excluding carboxylic acids is 1. The molecule has 0 fully saturated rings. The fraction of sp³-hybridized carbons (Fsp3) is 0.0833. The van der Waals surface area contributed by atoms with E-state index in [9.17, 15) is 13.2 Å². The Morgan fingerprint density at radius 3 is 2.58 bits per heavy atom. The maximum Gasteiger partial charge on any atom is 0.240 e. The lowest BCUT2D eigenvalue weighted by atomic mass is 10.3. The number of thiophene rings is 1. The maximum atomic E-state index is 11.8. The Balaban J connectivity index is 2.18. The summed E-state index contributed by atoms with van der Waals surface area (Å²) in [5, 5.41) is 9.53. The fourth-order valence-corrected chi connectivity index (χ4v) is 2.98. The molecule has 7 heteroatoms. The molecule has 0 aliphatic carbocycles. The van der Waals surface area contributed by atoms with E-state index in [1.807, 2.05) is 17.5 Å². The van der Waals surface area contributed by atoms with Crippen LogP contribution in [0.15, 0.2) is 46.7 Å². The number of benzene rings is 1. The van der Waals surface area contributed by atoms with Crippen LogP contribution in [-0.4, -0.2) is 14.3 Å². The summed E-state index contributed by atoms with van der Waals surface area (Å²) in [5.41, 5.74) is 0.201. The van der Waals surface area contributed by atoms with Crippen molar-refractivity contribution in [2.24, 2.45) is 5.14 Å². The number of hydrogen-bond acceptors (Lipinski definition) is 4. The van der Waals surface area contributed by atoms with Gasteiger partial charge >= 0.3 is 0 Å². The molecule has 0 spiro atoms. The molecule has 0 atom stereocenters. The first kappa shape index (κ1) is 13.7. The van der Waals surface area contributed by atoms with Gasteiger partial charge in [-0.05, 0) is 23.6 Å². The molecule has 0 aliphatic rings. The van der Waals surface area contributed by atoms with E-state index in [1.165, 1.54) is 23.5 Å². The average Bonchev–Trinajstić information content (AvgIpc) is 2.81. The Morgan fingerprint density at radius 2 is 1.95 bits per heavy atom. The topological polar surface area (TPSA) is 89.3 Å². The van der Waals surface area contributed by atoms with E-state index in [0.29, 0.717) is 0 Å². The van der Waals surface area contributed by atoms with Gasteiger partial charge in [-0.15, -0.1) is 11.3 Å². The highest BCUT2D eigenvalue weighted by Gasteiger charge is 2.15. The molecule has 0 unspecified atom stereocenters. The van der Waals surface area contributed by atoms with E-state index < -0.39 is 10.0 Å². The van der Waals surface area contributed by atoms with Crippen molar-refractivity contribution in [2.75, 3.05) is 5.32 Å². The minimum atomic E-state index is -3.85. The minimum absolute atomic E-state index is 0.0884. The van der Waals surface area contributed by atoms with Gasteiger partial charge in [-0.3, -0.25) is 4.79 Å². The highest BCUT2D eigenvalue weighted by Crippen LogP contribution is 2.20. The molecule has 0 saturated carbocycles. The molecule has 0 aliphatic heterocycles. The highest BCUT2D eigenvalue weighted by molar-refractivity contribution is 7.89. The molecule has 19 heavy (non-hydrogen) atoms. The van der Waals surface area contributed by atoms with Crippen LogP contribution in [0.5, 0.6) is 0 Å². The van der Waals surface area contributed by atoms with E-state index in [0.717, 1.165) is 4.88 Å². The Bertz CT molecular complexity index is 679. The summed E-state index contributed by atoms with van der Waals surface area (Å²) in [6.45, 7) is 0. The van der Waals surface area contributed by atoms with Crippen molar-refractivity contribution in [3.63, 3.8) is 0 Å². The van der Waals surface area contributed by atoms with Crippen molar-refractivity contribution in [2.45, 2.75) is 11.3 Å². The molecule has 1 heterocycles. The maximum absolute atomic E-state index is 11.8. The summed E-state index contributed by atoms with van der Waals surface area (Å²) in [6, 6.07) is 9.74. The molecule has 0 bridgehead atoms. The molecule has 100 valence electrons. The second-order valence-corrected chi connectivity index (χ2v) is 6.41. The average molecular weight is 296 g/mol. The second-order valence-electron chi connectivity index (χ2n) is 3.85. The van der Waals surface area contributed by atoms with Crippen LogP contribution in [-0.2, 0) is 21.2 Å². The third-order valence-corrected chi connectivity index (χ3v) is 4.23. The molecule has 0 radical (unpaired) electrons. The lowest BCUT2D eigenvalue weighted by Gasteiger charge is -2.08. The number of sulfonamides is 1. The van der Waals surface area contributed by atoms with Crippen molar-refractivity contribution in [3.05, 3.63) is 46.7 Å². The van der Waals surface area contributed by atoms with E-state index >= 15 is 0 Å². The summed E-state index contributed by atoms with van der Waals surface area (Å²) in [6.07, 6.45) is 0.205. The first-order valence-electron chi connectivity index (χ1n) is 5.41. The Morgan fingerprint density at radius 1 is 1.21 bits per heavy atom. The highest BCUT2D eigenvalue weighted by atomic mass is 32.2. The van der Waals surface area contributed by atoms with Crippen LogP contribution < -0.4 is 10.5 Å². The number of primary sulfonamides is 1. The summed E-state index contributed by atoms with van der Waals surface area (Å²) in [4.78, 5) is 12.6. The number of hydrogen-bond donors (Lipinski definition) is 2. The van der Waals surface area contributed by atoms with Gasteiger partial charge in [-0.25, -0.2) is 13.6 Å². The lowest BCUT2D eigenvalue weighted by Crippen LogP contribution is -2.19. The summed E-state index contributed by atoms with van der Waals surface area (Å²) in [7, 11) is -3.85. The van der Waals surface area contributed by atoms with Gasteiger partial charge < -0.3 is 5.32 Å². The third-order valence-electron chi connectivity index (χ3n) is 2.38. The second kappa shape index (κ2) is 5.52. The van der Waals surface area contributed by atoms with Crippen molar-refractivity contribution in [1.82, 2.24) is 0 Å². The standard InChI is InChI=1S/C12H12N2O3S2/c13-19(16,17)11-6-2-1-5-10(11)14-12(15)8-9-4-3-7-18-9/h1-7H,8H2,(H,14,15)(H2,13,16,17). The van der Waals surface area contributed by atoms with E-state index in [1.54, 1.807) is 12.1 Å². The third kappa shape index (κ3) is 3.63. The number of amides is 1. The van der Waals surface area contributed by atoms with Crippen molar-refractivity contribution >= 4 is 33.0 Å². The lowest BCUT2D eigenvalue weighted by molar-refractivity contribution is -0.115. The zero-order valence-corrected chi connectivity index (χ0v) is 11.5. The molecular weight excluding hydrogens is 284 g/mol. The quantitative estimate of drug-likeness (QED) is 0.897. The molecule has 0 saturated heterocycles. The molecule has 2 aromatic rings. The van der Waals surface area contributed by atoms with Gasteiger partial charge in [0.1, 0.15) is 4.90 Å². The molecule has 2 rings (SSSR count). The minimum Gasteiger partial charge on any atom is -0.325 e. The number of anilines is 1. The Labute approximate surface area is 115 Å². The van der Waals surface area contributed by atoms with Crippen LogP contribution in [0.2, 0.25) is 0 Å². The smallest absolute Gasteiger partial charge is 0.240 e. The van der Waals surface area contributed by atoms with Crippen molar-refractivity contribution < 1.29 is 13.2 Å². The zero-order chi connectivity index (χ0) is 13.9. The Hall–Kier alpha value is -1.70. The van der Waals surface area contributed by atoms with Crippen LogP contribution in [0.4, 0.5) is 5.69 Å². The van der Waals surface area contributed by atoms with E-state index in [4.69, 9.17) is 5.14 Å². The zero-order valence-electron chi connectivity index (χ0n) is 9.87. The molecule has 1 aromatic carbocycles. The van der Waals surface area contributed by atoms with Crippen LogP contribution in [0.3, 0.4) is 0 Å². The molecule has 1 amide bonds. The van der Waals surface area contributed by atoms with Gasteiger partial charge in [-0.2, -0.15) is 0 Å². The molecule has 5 nitrogen and oxygen atoms in total. The van der Waals surface area contributed by atoms with Crippen LogP contribution in [0.25, 0.3) is 0 Å². The van der Waals surface area contributed by atoms with Crippen molar-refractivity contribution in [1.29, 1.82) is 0 Å². The predicted molar refractivity (Wildman–Crippen MR) is 74.5 cm³/mol. The molecule has 1 aromatic heterocycles. The number of nitrogens with two attached hydrogens (primary N) is 1. The number of rotatable bonds is 4. The number of nitrogens with one attached hydrogen (secondary N) is 1. The predicted octanol–water partition coefficient (Wildman–Crippen LogP) is 1.58. The van der Waals surface area contributed by atoms with Crippen LogP contribution >= 0.6 is 11.3 Å². The largest absolute Gasteiger partial charge is 0.325 e. The van der Waals surface area contributed by atoms with Gasteiger partial charge in [-0.1, -0.05) is 18.2 Å². The van der Waals surface area contributed by atoms with Crippen LogP contribution in [0.1, 0.15) is 4.88 Å². The van der Waals surface area contributed by atoms with Crippen LogP contribution in [0, 0.1) is 0 Å². The van der Waals surface area contributed by atoms with Gasteiger partial charge in [0.05, 0.1) is 12.1 Å². The van der Waals surface area contributed by atoms with E-state index in [-0.39, 0.29) is 22.9 Å². The first-order valence-corrected chi connectivity index (χ1v) is 7.83. The van der Waals surface area contributed by atoms with Crippen molar-refractivity contribution in [3.8, 4) is 0 Å². The summed E-state index contributed by atoms with van der Waals surface area (Å²) in [5.74, 6) is -0.279. The summed E-state index contributed by atoms with van der Waals surface area (Å²) >= 11 is 1.47. The Kier molecular flexibility index (Phi) is 3.98. The molecule has 3 N–H and O–H groups in total. The van der Waals surface area contributed by atoms with E-state index in [2.05, 4.69) is 5.32 Å². The molecular formula is C12H12N2O3S2. The normalized spacial score (nSPS) is 11.2. The number of carbonyl (C=O) groups is 1. The monoisotopic (exact) mass is 296 g/mol. The van der Waals surface area contributed by atoms with Gasteiger partial charge in [0.2, 0.25) is 15.9 Å². The van der Waals surface area contributed by atoms with Gasteiger partial charge in [0.25, 0.3) is 0 Å².